The molecular weight excluding hydrogens is 162 g/mol. The lowest BCUT2D eigenvalue weighted by Gasteiger charge is -2.32. The zero-order valence-electron chi connectivity index (χ0n) is 8.96. The van der Waals surface area contributed by atoms with Crippen LogP contribution in [0.5, 0.6) is 0 Å². The number of nitrogens with two attached hydrogens (primary N) is 1. The maximum Gasteiger partial charge on any atom is 0.0728 e. The first-order chi connectivity index (χ1) is 6.29. The summed E-state index contributed by atoms with van der Waals surface area (Å²) in [5, 5.41) is 0. The fraction of sp³-hybridized carbons (Fsp3) is 1.00. The molecule has 1 rings (SSSR count). The summed E-state index contributed by atoms with van der Waals surface area (Å²) < 4.78 is 5.70. The van der Waals surface area contributed by atoms with Crippen molar-refractivity contribution in [3.8, 4) is 0 Å². The molecule has 0 bridgehead atoms. The molecule has 2 unspecified atom stereocenters. The van der Waals surface area contributed by atoms with Crippen molar-refractivity contribution >= 4 is 0 Å². The van der Waals surface area contributed by atoms with Crippen LogP contribution >= 0.6 is 0 Å². The van der Waals surface area contributed by atoms with E-state index in [0.29, 0.717) is 12.0 Å². The third kappa shape index (κ3) is 2.96. The predicted octanol–water partition coefficient (Wildman–Crippen LogP) is 2.32. The molecule has 1 aliphatic heterocycles. The van der Waals surface area contributed by atoms with Crippen LogP contribution in [0.25, 0.3) is 0 Å². The van der Waals surface area contributed by atoms with E-state index in [1.807, 2.05) is 0 Å². The van der Waals surface area contributed by atoms with Crippen LogP contribution < -0.4 is 5.73 Å². The lowest BCUT2D eigenvalue weighted by Crippen LogP contribution is -2.44. The van der Waals surface area contributed by atoms with Crippen molar-refractivity contribution < 1.29 is 4.74 Å². The summed E-state index contributed by atoms with van der Waals surface area (Å²) in [5.74, 6) is 0.642. The molecule has 1 heterocycles. The van der Waals surface area contributed by atoms with Gasteiger partial charge in [-0.3, -0.25) is 0 Å². The Hall–Kier alpha value is -0.0800. The zero-order valence-corrected chi connectivity index (χ0v) is 8.96. The Morgan fingerprint density at radius 3 is 2.46 bits per heavy atom. The summed E-state index contributed by atoms with van der Waals surface area (Å²) in [6.07, 6.45) is 6.36. The smallest absolute Gasteiger partial charge is 0.0728 e. The van der Waals surface area contributed by atoms with Crippen LogP contribution in [0.3, 0.4) is 0 Å². The molecule has 2 N–H and O–H groups in total. The third-order valence-electron chi connectivity index (χ3n) is 3.24. The van der Waals surface area contributed by atoms with E-state index >= 15 is 0 Å². The van der Waals surface area contributed by atoms with Crippen molar-refractivity contribution in [1.82, 2.24) is 0 Å². The van der Waals surface area contributed by atoms with E-state index in [1.54, 1.807) is 0 Å². The molecule has 0 aliphatic carbocycles. The molecule has 0 amide bonds. The Kier molecular flexibility index (Phi) is 4.74. The van der Waals surface area contributed by atoms with E-state index in [0.717, 1.165) is 13.0 Å². The second-order valence-corrected chi connectivity index (χ2v) is 4.06. The van der Waals surface area contributed by atoms with Gasteiger partial charge < -0.3 is 10.5 Å². The Balaban J connectivity index is 2.38. The molecule has 0 aromatic carbocycles. The van der Waals surface area contributed by atoms with Gasteiger partial charge in [0.15, 0.2) is 0 Å². The monoisotopic (exact) mass is 185 g/mol. The van der Waals surface area contributed by atoms with Crippen LogP contribution in [0.4, 0.5) is 0 Å². The van der Waals surface area contributed by atoms with Crippen molar-refractivity contribution in [2.45, 2.75) is 58.1 Å². The van der Waals surface area contributed by atoms with Gasteiger partial charge in [-0.25, -0.2) is 0 Å². The minimum Gasteiger partial charge on any atom is -0.377 e. The van der Waals surface area contributed by atoms with Crippen LogP contribution in [0.1, 0.15) is 46.0 Å². The van der Waals surface area contributed by atoms with Gasteiger partial charge >= 0.3 is 0 Å². The van der Waals surface area contributed by atoms with Gasteiger partial charge in [0.25, 0.3) is 0 Å². The number of hydrogen-bond donors (Lipinski definition) is 1. The van der Waals surface area contributed by atoms with Crippen molar-refractivity contribution in [2.24, 2.45) is 11.7 Å². The Morgan fingerprint density at radius 1 is 1.31 bits per heavy atom. The minimum atomic E-state index is 0.260. The second-order valence-electron chi connectivity index (χ2n) is 4.06. The summed E-state index contributed by atoms with van der Waals surface area (Å²) >= 11 is 0. The summed E-state index contributed by atoms with van der Waals surface area (Å²) in [6, 6.07) is 0.260. The summed E-state index contributed by atoms with van der Waals surface area (Å²) in [4.78, 5) is 0. The molecule has 1 saturated heterocycles. The van der Waals surface area contributed by atoms with E-state index < -0.39 is 0 Å². The molecule has 0 aromatic rings. The highest BCUT2D eigenvalue weighted by Crippen LogP contribution is 2.22. The first-order valence-electron chi connectivity index (χ1n) is 5.66. The lowest BCUT2D eigenvalue weighted by molar-refractivity contribution is -0.0124. The van der Waals surface area contributed by atoms with E-state index in [4.69, 9.17) is 10.5 Å². The summed E-state index contributed by atoms with van der Waals surface area (Å²) in [6.45, 7) is 5.35. The molecular formula is C11H23NO. The van der Waals surface area contributed by atoms with Gasteiger partial charge in [-0.2, -0.15) is 0 Å². The van der Waals surface area contributed by atoms with Gasteiger partial charge in [0, 0.05) is 12.6 Å². The Labute approximate surface area is 81.8 Å². The van der Waals surface area contributed by atoms with Gasteiger partial charge in [0.2, 0.25) is 0 Å². The Morgan fingerprint density at radius 2 is 2.00 bits per heavy atom. The zero-order chi connectivity index (χ0) is 9.68. The topological polar surface area (TPSA) is 35.2 Å². The molecule has 13 heavy (non-hydrogen) atoms. The van der Waals surface area contributed by atoms with Crippen LogP contribution in [0.15, 0.2) is 0 Å². The molecule has 78 valence electrons. The van der Waals surface area contributed by atoms with Crippen molar-refractivity contribution in [3.63, 3.8) is 0 Å². The predicted molar refractivity (Wildman–Crippen MR) is 55.6 cm³/mol. The SMILES string of the molecule is CCC(CC)C(N)C1CCCCO1. The molecule has 0 radical (unpaired) electrons. The van der Waals surface area contributed by atoms with Gasteiger partial charge in [-0.05, 0) is 25.2 Å². The van der Waals surface area contributed by atoms with Crippen molar-refractivity contribution in [1.29, 1.82) is 0 Å². The minimum absolute atomic E-state index is 0.260. The maximum absolute atomic E-state index is 6.19. The van der Waals surface area contributed by atoms with E-state index in [-0.39, 0.29) is 6.04 Å². The molecule has 1 fully saturated rings. The van der Waals surface area contributed by atoms with Gasteiger partial charge in [-0.1, -0.05) is 26.7 Å². The van der Waals surface area contributed by atoms with Crippen LogP contribution in [0, 0.1) is 5.92 Å². The highest BCUT2D eigenvalue weighted by Gasteiger charge is 2.26. The number of rotatable bonds is 4. The van der Waals surface area contributed by atoms with E-state index in [2.05, 4.69) is 13.8 Å². The first-order valence-corrected chi connectivity index (χ1v) is 5.66. The normalized spacial score (nSPS) is 26.3. The largest absolute Gasteiger partial charge is 0.377 e. The van der Waals surface area contributed by atoms with E-state index in [9.17, 15) is 0 Å². The quantitative estimate of drug-likeness (QED) is 0.729. The van der Waals surface area contributed by atoms with E-state index in [1.165, 1.54) is 25.7 Å². The van der Waals surface area contributed by atoms with Crippen molar-refractivity contribution in [2.75, 3.05) is 6.61 Å². The van der Waals surface area contributed by atoms with Gasteiger partial charge in [0.1, 0.15) is 0 Å². The highest BCUT2D eigenvalue weighted by atomic mass is 16.5. The lowest BCUT2D eigenvalue weighted by atomic mass is 9.88. The molecule has 0 spiro atoms. The fourth-order valence-electron chi connectivity index (χ4n) is 2.21. The molecule has 0 saturated carbocycles. The number of ether oxygens (including phenoxy) is 1. The molecule has 2 atom stereocenters. The summed E-state index contributed by atoms with van der Waals surface area (Å²) in [5.41, 5.74) is 6.19. The van der Waals surface area contributed by atoms with Gasteiger partial charge in [0.05, 0.1) is 6.10 Å². The van der Waals surface area contributed by atoms with Crippen LogP contribution in [-0.2, 0) is 4.74 Å². The fourth-order valence-corrected chi connectivity index (χ4v) is 2.21. The van der Waals surface area contributed by atoms with Crippen LogP contribution in [0.2, 0.25) is 0 Å². The van der Waals surface area contributed by atoms with Gasteiger partial charge in [-0.15, -0.1) is 0 Å². The van der Waals surface area contributed by atoms with Crippen molar-refractivity contribution in [3.05, 3.63) is 0 Å². The third-order valence-corrected chi connectivity index (χ3v) is 3.24. The average molecular weight is 185 g/mol. The summed E-state index contributed by atoms with van der Waals surface area (Å²) in [7, 11) is 0. The standard InChI is InChI=1S/C11H23NO/c1-3-9(4-2)11(12)10-7-5-6-8-13-10/h9-11H,3-8,12H2,1-2H3. The molecule has 2 heteroatoms. The maximum atomic E-state index is 6.19. The highest BCUT2D eigenvalue weighted by molar-refractivity contribution is 4.81. The number of hydrogen-bond acceptors (Lipinski definition) is 2. The second kappa shape index (κ2) is 5.61. The molecule has 0 aromatic heterocycles. The molecule has 2 nitrogen and oxygen atoms in total. The Bertz CT molecular complexity index is 128. The average Bonchev–Trinajstić information content (AvgIpc) is 2.21. The first kappa shape index (κ1) is 11.0. The van der Waals surface area contributed by atoms with Crippen LogP contribution in [-0.4, -0.2) is 18.8 Å². The molecule has 1 aliphatic rings.